The van der Waals surface area contributed by atoms with Gasteiger partial charge < -0.3 is 10.5 Å². The highest BCUT2D eigenvalue weighted by molar-refractivity contribution is 7.90. The number of ketones is 1. The maximum atomic E-state index is 12.2. The highest BCUT2D eigenvalue weighted by Crippen LogP contribution is 2.20. The summed E-state index contributed by atoms with van der Waals surface area (Å²) in [6.07, 6.45) is 1.23. The number of carbonyl (C=O) groups excluding carboxylic acids is 1. The van der Waals surface area contributed by atoms with Crippen molar-refractivity contribution in [3.8, 4) is 5.75 Å². The van der Waals surface area contributed by atoms with Gasteiger partial charge in [-0.15, -0.1) is 0 Å². The third-order valence-electron chi connectivity index (χ3n) is 2.59. The number of para-hydroxylation sites is 1. The Morgan fingerprint density at radius 1 is 1.37 bits per heavy atom. The molecule has 0 amide bonds. The van der Waals surface area contributed by atoms with Gasteiger partial charge in [0.1, 0.15) is 15.6 Å². The lowest BCUT2D eigenvalue weighted by Gasteiger charge is -2.13. The average Bonchev–Trinajstić information content (AvgIpc) is 2.35. The van der Waals surface area contributed by atoms with Crippen LogP contribution in [0, 0.1) is 0 Å². The van der Waals surface area contributed by atoms with Crippen LogP contribution in [0.1, 0.15) is 23.7 Å². The maximum absolute atomic E-state index is 12.2. The second-order valence-electron chi connectivity index (χ2n) is 4.32. The third kappa shape index (κ3) is 5.00. The molecule has 0 spiro atoms. The Morgan fingerprint density at radius 3 is 2.58 bits per heavy atom. The van der Waals surface area contributed by atoms with Crippen LogP contribution in [0.3, 0.4) is 0 Å². The van der Waals surface area contributed by atoms with E-state index in [1.807, 2.05) is 6.92 Å². The van der Waals surface area contributed by atoms with Crippen LogP contribution in [0.15, 0.2) is 24.3 Å². The lowest BCUT2D eigenvalue weighted by atomic mass is 10.0. The van der Waals surface area contributed by atoms with E-state index in [1.165, 1.54) is 0 Å². The van der Waals surface area contributed by atoms with Gasteiger partial charge in [-0.25, -0.2) is 8.42 Å². The number of hydrogen-bond acceptors (Lipinski definition) is 5. The molecular formula is C13H19NO4S. The monoisotopic (exact) mass is 285 g/mol. The van der Waals surface area contributed by atoms with Gasteiger partial charge >= 0.3 is 0 Å². The summed E-state index contributed by atoms with van der Waals surface area (Å²) in [4.78, 5) is 12.2. The van der Waals surface area contributed by atoms with E-state index in [1.54, 1.807) is 24.3 Å². The zero-order valence-electron chi connectivity index (χ0n) is 11.1. The lowest BCUT2D eigenvalue weighted by molar-refractivity contribution is 0.0956. The van der Waals surface area contributed by atoms with Gasteiger partial charge in [0.25, 0.3) is 0 Å². The first-order valence-corrected chi connectivity index (χ1v) is 8.10. The Kier molecular flexibility index (Phi) is 5.50. The molecule has 0 bridgehead atoms. The predicted octanol–water partition coefficient (Wildman–Crippen LogP) is 1.03. The normalized spacial score (nSPS) is 13.0. The molecule has 0 aliphatic rings. The van der Waals surface area contributed by atoms with E-state index in [4.69, 9.17) is 10.5 Å². The van der Waals surface area contributed by atoms with Crippen molar-refractivity contribution in [2.75, 3.05) is 18.6 Å². The number of carbonyl (C=O) groups is 1. The summed E-state index contributed by atoms with van der Waals surface area (Å²) < 4.78 is 27.5. The van der Waals surface area contributed by atoms with Crippen LogP contribution < -0.4 is 10.5 Å². The number of hydrogen-bond donors (Lipinski definition) is 1. The second kappa shape index (κ2) is 6.68. The smallest absolute Gasteiger partial charge is 0.183 e. The molecule has 1 rings (SSSR count). The molecule has 19 heavy (non-hydrogen) atoms. The molecule has 1 unspecified atom stereocenters. The molecule has 0 saturated heterocycles. The number of rotatable bonds is 7. The minimum absolute atomic E-state index is 0.100. The van der Waals surface area contributed by atoms with Crippen LogP contribution >= 0.6 is 0 Å². The summed E-state index contributed by atoms with van der Waals surface area (Å²) in [5.74, 6) is 0.0778. The molecule has 1 atom stereocenters. The first-order valence-electron chi connectivity index (χ1n) is 6.04. The zero-order chi connectivity index (χ0) is 14.5. The predicted molar refractivity (Wildman–Crippen MR) is 74.2 cm³/mol. The molecule has 1 aromatic carbocycles. The molecule has 2 N–H and O–H groups in total. The largest absolute Gasteiger partial charge is 0.493 e. The average molecular weight is 285 g/mol. The van der Waals surface area contributed by atoms with Crippen molar-refractivity contribution in [1.82, 2.24) is 0 Å². The third-order valence-corrected chi connectivity index (χ3v) is 3.57. The molecule has 106 valence electrons. The number of ether oxygens (including phenoxy) is 1. The van der Waals surface area contributed by atoms with Crippen LogP contribution in [0.4, 0.5) is 0 Å². The highest BCUT2D eigenvalue weighted by Gasteiger charge is 2.20. The quantitative estimate of drug-likeness (QED) is 0.756. The summed E-state index contributed by atoms with van der Waals surface area (Å²) in [6, 6.07) is 5.98. The number of nitrogens with two attached hydrogens (primary N) is 1. The van der Waals surface area contributed by atoms with E-state index in [2.05, 4.69) is 0 Å². The van der Waals surface area contributed by atoms with E-state index in [0.717, 1.165) is 6.26 Å². The number of Topliss-reactive ketones (excluding diaryl/α,β-unsaturated/α-hetero) is 1. The fraction of sp³-hybridized carbons (Fsp3) is 0.462. The van der Waals surface area contributed by atoms with Gasteiger partial charge in [0.2, 0.25) is 0 Å². The van der Waals surface area contributed by atoms with Crippen LogP contribution in [0.25, 0.3) is 0 Å². The van der Waals surface area contributed by atoms with Crippen molar-refractivity contribution < 1.29 is 17.9 Å². The molecular weight excluding hydrogens is 266 g/mol. The standard InChI is InChI=1S/C13H19NO4S/c1-3-18-12-7-5-4-6-10(12)13(15)11(14)8-9-19(2,16)17/h4-7,11H,3,8-9,14H2,1-2H3. The zero-order valence-corrected chi connectivity index (χ0v) is 11.9. The van der Waals surface area contributed by atoms with Crippen molar-refractivity contribution in [2.45, 2.75) is 19.4 Å². The minimum atomic E-state index is -3.12. The van der Waals surface area contributed by atoms with Crippen molar-refractivity contribution in [3.63, 3.8) is 0 Å². The summed E-state index contributed by atoms with van der Waals surface area (Å²) in [7, 11) is -3.12. The summed E-state index contributed by atoms with van der Waals surface area (Å²) in [5.41, 5.74) is 6.15. The first kappa shape index (κ1) is 15.7. The first-order chi connectivity index (χ1) is 8.85. The van der Waals surface area contributed by atoms with Gasteiger partial charge in [-0.1, -0.05) is 12.1 Å². The van der Waals surface area contributed by atoms with Crippen LogP contribution in [0.5, 0.6) is 5.75 Å². The Balaban J connectivity index is 2.82. The number of sulfone groups is 1. The highest BCUT2D eigenvalue weighted by atomic mass is 32.2. The fourth-order valence-corrected chi connectivity index (χ4v) is 2.31. The Labute approximate surface area is 113 Å². The van der Waals surface area contributed by atoms with Crippen LogP contribution in [0.2, 0.25) is 0 Å². The van der Waals surface area contributed by atoms with Gasteiger partial charge in [-0.05, 0) is 25.5 Å². The molecule has 0 saturated carbocycles. The van der Waals surface area contributed by atoms with Crippen LogP contribution in [-0.2, 0) is 9.84 Å². The van der Waals surface area contributed by atoms with Crippen molar-refractivity contribution in [1.29, 1.82) is 0 Å². The maximum Gasteiger partial charge on any atom is 0.183 e. The second-order valence-corrected chi connectivity index (χ2v) is 6.58. The van der Waals surface area contributed by atoms with Gasteiger partial charge in [0.05, 0.1) is 24.0 Å². The molecule has 0 radical (unpaired) electrons. The summed E-state index contributed by atoms with van der Waals surface area (Å²) in [6.45, 7) is 2.27. The molecule has 0 fully saturated rings. The SMILES string of the molecule is CCOc1ccccc1C(=O)C(N)CCS(C)(=O)=O. The van der Waals surface area contributed by atoms with Crippen molar-refractivity contribution in [2.24, 2.45) is 5.73 Å². The van der Waals surface area contributed by atoms with Crippen molar-refractivity contribution >= 4 is 15.6 Å². The topological polar surface area (TPSA) is 86.5 Å². The van der Waals surface area contributed by atoms with Gasteiger partial charge in [-0.3, -0.25) is 4.79 Å². The Morgan fingerprint density at radius 2 is 2.00 bits per heavy atom. The van der Waals surface area contributed by atoms with E-state index in [0.29, 0.717) is 17.9 Å². The molecule has 1 aromatic rings. The molecule has 0 aliphatic heterocycles. The van der Waals surface area contributed by atoms with E-state index in [-0.39, 0.29) is 18.0 Å². The summed E-state index contributed by atoms with van der Waals surface area (Å²) in [5, 5.41) is 0. The van der Waals surface area contributed by atoms with Gasteiger partial charge in [0, 0.05) is 6.26 Å². The lowest BCUT2D eigenvalue weighted by Crippen LogP contribution is -2.32. The Hall–Kier alpha value is -1.40. The molecule has 5 nitrogen and oxygen atoms in total. The molecule has 0 aromatic heterocycles. The van der Waals surface area contributed by atoms with Crippen LogP contribution in [-0.4, -0.2) is 38.9 Å². The fourth-order valence-electron chi connectivity index (χ4n) is 1.62. The van der Waals surface area contributed by atoms with E-state index in [9.17, 15) is 13.2 Å². The Bertz CT molecular complexity index is 539. The van der Waals surface area contributed by atoms with Gasteiger partial charge in [0.15, 0.2) is 5.78 Å². The minimum Gasteiger partial charge on any atom is -0.493 e. The molecule has 0 heterocycles. The van der Waals surface area contributed by atoms with Gasteiger partial charge in [-0.2, -0.15) is 0 Å². The molecule has 0 aliphatic carbocycles. The summed E-state index contributed by atoms with van der Waals surface area (Å²) >= 11 is 0. The molecule has 6 heteroatoms. The van der Waals surface area contributed by atoms with E-state index < -0.39 is 15.9 Å². The van der Waals surface area contributed by atoms with Crippen molar-refractivity contribution in [3.05, 3.63) is 29.8 Å². The van der Waals surface area contributed by atoms with E-state index >= 15 is 0 Å². The number of benzene rings is 1.